The maximum Gasteiger partial charge on any atom is 0.119 e. The first-order chi connectivity index (χ1) is 22.2. The molecule has 0 heterocycles. The van der Waals surface area contributed by atoms with Crippen molar-refractivity contribution in [2.24, 2.45) is 0 Å². The molecule has 4 heteroatoms. The fraction of sp³-hybridized carbons (Fsp3) is 0.122. The normalized spacial score (nSPS) is 14.6. The van der Waals surface area contributed by atoms with Crippen LogP contribution in [0.15, 0.2) is 146 Å². The largest absolute Gasteiger partial charge is 0.508 e. The summed E-state index contributed by atoms with van der Waals surface area (Å²) < 4.78 is 0. The van der Waals surface area contributed by atoms with Gasteiger partial charge < -0.3 is 10.2 Å². The average Bonchev–Trinajstić information content (AvgIpc) is 3.68. The molecule has 1 spiro atoms. The SMILES string of the molecule is Oc1ccc(P(c2ccccc2)c2ccccc2)c2c1C1(CC2)CCc2c(P(c3ccccc3)c3ccccc3)ccc(O)c21. The topological polar surface area (TPSA) is 40.5 Å². The molecule has 6 aromatic carbocycles. The first-order valence-electron chi connectivity index (χ1n) is 15.7. The summed E-state index contributed by atoms with van der Waals surface area (Å²) in [4.78, 5) is 0. The van der Waals surface area contributed by atoms with Crippen molar-refractivity contribution in [3.05, 3.63) is 168 Å². The van der Waals surface area contributed by atoms with Gasteiger partial charge in [0.25, 0.3) is 0 Å². The van der Waals surface area contributed by atoms with Gasteiger partial charge in [0.05, 0.1) is 0 Å². The van der Waals surface area contributed by atoms with Crippen LogP contribution in [0.2, 0.25) is 0 Å². The Balaban J connectivity index is 1.32. The van der Waals surface area contributed by atoms with E-state index in [1.165, 1.54) is 43.0 Å². The number of hydrogen-bond acceptors (Lipinski definition) is 2. The third-order valence-electron chi connectivity index (χ3n) is 9.63. The molecule has 0 unspecified atom stereocenters. The number of aromatic hydroxyl groups is 2. The van der Waals surface area contributed by atoms with Gasteiger partial charge in [0.1, 0.15) is 11.5 Å². The van der Waals surface area contributed by atoms with Gasteiger partial charge in [0, 0.05) is 16.5 Å². The van der Waals surface area contributed by atoms with Crippen LogP contribution in [0.3, 0.4) is 0 Å². The van der Waals surface area contributed by atoms with Crippen LogP contribution in [-0.4, -0.2) is 10.2 Å². The second-order valence-electron chi connectivity index (χ2n) is 12.0. The summed E-state index contributed by atoms with van der Waals surface area (Å²) in [6, 6.07) is 51.4. The van der Waals surface area contributed by atoms with Crippen molar-refractivity contribution < 1.29 is 10.2 Å². The lowest BCUT2D eigenvalue weighted by Crippen LogP contribution is -2.27. The van der Waals surface area contributed by atoms with Gasteiger partial charge in [-0.3, -0.25) is 0 Å². The van der Waals surface area contributed by atoms with Crippen LogP contribution in [-0.2, 0) is 18.3 Å². The standard InChI is InChI=1S/C41H34O2P2/c42-35-21-23-37(44(29-13-5-1-6-14-29)30-15-7-2-8-16-30)33-25-27-41(39(33)35)28-26-34-38(24-22-36(43)40(34)41)45(31-17-9-3-10-18-31)32-19-11-4-12-20-32/h1-24,42-43H,25-28H2. The van der Waals surface area contributed by atoms with Crippen molar-refractivity contribution in [1.82, 2.24) is 0 Å². The van der Waals surface area contributed by atoms with Crippen molar-refractivity contribution in [2.75, 3.05) is 0 Å². The minimum Gasteiger partial charge on any atom is -0.508 e. The molecular weight excluding hydrogens is 586 g/mol. The predicted molar refractivity (Wildman–Crippen MR) is 191 cm³/mol. The van der Waals surface area contributed by atoms with Gasteiger partial charge >= 0.3 is 0 Å². The molecule has 0 saturated heterocycles. The van der Waals surface area contributed by atoms with Crippen molar-refractivity contribution in [3.8, 4) is 11.5 Å². The zero-order chi connectivity index (χ0) is 30.4. The van der Waals surface area contributed by atoms with Gasteiger partial charge in [-0.25, -0.2) is 0 Å². The van der Waals surface area contributed by atoms with Crippen LogP contribution in [0.1, 0.15) is 35.1 Å². The fourth-order valence-corrected chi connectivity index (χ4v) is 12.9. The van der Waals surface area contributed by atoms with Crippen molar-refractivity contribution >= 4 is 47.7 Å². The van der Waals surface area contributed by atoms with Crippen molar-refractivity contribution in [2.45, 2.75) is 31.1 Å². The summed E-state index contributed by atoms with van der Waals surface area (Å²) in [5, 5.41) is 31.2. The van der Waals surface area contributed by atoms with Crippen molar-refractivity contribution in [3.63, 3.8) is 0 Å². The van der Waals surface area contributed by atoms with Gasteiger partial charge in [0.2, 0.25) is 0 Å². The van der Waals surface area contributed by atoms with Gasteiger partial charge in [-0.15, -0.1) is 0 Å². The second-order valence-corrected chi connectivity index (χ2v) is 16.4. The molecule has 2 aliphatic carbocycles. The molecule has 2 N–H and O–H groups in total. The van der Waals surface area contributed by atoms with E-state index in [9.17, 15) is 10.2 Å². The minimum absolute atomic E-state index is 0.355. The third-order valence-corrected chi connectivity index (χ3v) is 14.7. The molecule has 0 aliphatic heterocycles. The molecule has 2 nitrogen and oxygen atoms in total. The Hall–Kier alpha value is -4.22. The van der Waals surface area contributed by atoms with E-state index < -0.39 is 21.3 Å². The Morgan fingerprint density at radius 2 is 0.711 bits per heavy atom. The minimum atomic E-state index is -0.815. The summed E-state index contributed by atoms with van der Waals surface area (Å²) in [7, 11) is -1.63. The molecule has 220 valence electrons. The Morgan fingerprint density at radius 3 is 1.02 bits per heavy atom. The third kappa shape index (κ3) is 4.71. The molecule has 0 amide bonds. The molecule has 6 aromatic rings. The maximum absolute atomic E-state index is 11.7. The van der Waals surface area contributed by atoms with Gasteiger partial charge in [-0.2, -0.15) is 0 Å². The number of phenols is 2. The molecule has 45 heavy (non-hydrogen) atoms. The average molecular weight is 621 g/mol. The van der Waals surface area contributed by atoms with Crippen LogP contribution in [0, 0.1) is 0 Å². The zero-order valence-electron chi connectivity index (χ0n) is 25.0. The van der Waals surface area contributed by atoms with Crippen molar-refractivity contribution in [1.29, 1.82) is 0 Å². The molecule has 0 saturated carbocycles. The van der Waals surface area contributed by atoms with Gasteiger partial charge in [-0.1, -0.05) is 121 Å². The second kappa shape index (κ2) is 11.6. The molecular formula is C41H34O2P2. The molecule has 8 rings (SSSR count). The lowest BCUT2D eigenvalue weighted by molar-refractivity contribution is 0.416. The maximum atomic E-state index is 11.7. The summed E-state index contributed by atoms with van der Waals surface area (Å²) in [5.41, 5.74) is 4.19. The number of hydrogen-bond donors (Lipinski definition) is 2. The summed E-state index contributed by atoms with van der Waals surface area (Å²) >= 11 is 0. The number of benzene rings is 6. The van der Waals surface area contributed by atoms with E-state index in [4.69, 9.17) is 0 Å². The lowest BCUT2D eigenvalue weighted by Gasteiger charge is -2.30. The zero-order valence-corrected chi connectivity index (χ0v) is 26.8. The predicted octanol–water partition coefficient (Wildman–Crippen LogP) is 6.79. The Kier molecular flexibility index (Phi) is 7.29. The van der Waals surface area contributed by atoms with E-state index in [0.29, 0.717) is 11.5 Å². The van der Waals surface area contributed by atoms with E-state index in [1.54, 1.807) is 0 Å². The first kappa shape index (κ1) is 28.3. The molecule has 2 aliphatic rings. The summed E-state index contributed by atoms with van der Waals surface area (Å²) in [6.45, 7) is 0. The highest BCUT2D eigenvalue weighted by molar-refractivity contribution is 7.80. The molecule has 0 fully saturated rings. The summed E-state index contributed by atoms with van der Waals surface area (Å²) in [5.74, 6) is 0.710. The van der Waals surface area contributed by atoms with Crippen LogP contribution >= 0.6 is 15.8 Å². The number of rotatable bonds is 6. The molecule has 0 atom stereocenters. The van der Waals surface area contributed by atoms with E-state index in [1.807, 2.05) is 12.1 Å². The van der Waals surface area contributed by atoms with Gasteiger partial charge in [-0.05, 0) is 109 Å². The number of fused-ring (bicyclic) bond motifs is 4. The quantitative estimate of drug-likeness (QED) is 0.201. The van der Waals surface area contributed by atoms with Crippen LogP contribution in [0.5, 0.6) is 11.5 Å². The Morgan fingerprint density at radius 1 is 0.400 bits per heavy atom. The van der Waals surface area contributed by atoms with Gasteiger partial charge in [0.15, 0.2) is 0 Å². The fourth-order valence-electron chi connectivity index (χ4n) is 7.83. The van der Waals surface area contributed by atoms with E-state index in [0.717, 1.165) is 36.8 Å². The van der Waals surface area contributed by atoms with E-state index >= 15 is 0 Å². The van der Waals surface area contributed by atoms with Crippen LogP contribution in [0.25, 0.3) is 0 Å². The Labute approximate surface area is 267 Å². The highest BCUT2D eigenvalue weighted by Crippen LogP contribution is 2.58. The summed E-state index contributed by atoms with van der Waals surface area (Å²) in [6.07, 6.45) is 3.54. The smallest absolute Gasteiger partial charge is 0.119 e. The monoisotopic (exact) mass is 620 g/mol. The van der Waals surface area contributed by atoms with Crippen LogP contribution in [0.4, 0.5) is 0 Å². The lowest BCUT2D eigenvalue weighted by atomic mass is 9.76. The van der Waals surface area contributed by atoms with E-state index in [2.05, 4.69) is 133 Å². The molecule has 0 radical (unpaired) electrons. The number of phenolic OH excluding ortho intramolecular Hbond substituents is 2. The Bertz CT molecular complexity index is 1750. The highest BCUT2D eigenvalue weighted by Gasteiger charge is 2.50. The first-order valence-corrected chi connectivity index (χ1v) is 18.4. The van der Waals surface area contributed by atoms with E-state index in [-0.39, 0.29) is 0 Å². The molecule has 0 aromatic heterocycles. The highest BCUT2D eigenvalue weighted by atomic mass is 31.1. The molecule has 0 bridgehead atoms. The van der Waals surface area contributed by atoms with Crippen LogP contribution < -0.4 is 31.8 Å².